The third kappa shape index (κ3) is 3.23. The second-order valence-electron chi connectivity index (χ2n) is 5.24. The summed E-state index contributed by atoms with van der Waals surface area (Å²) in [4.78, 5) is 19.9. The van der Waals surface area contributed by atoms with Gasteiger partial charge in [0, 0.05) is 6.07 Å². The predicted octanol–water partition coefficient (Wildman–Crippen LogP) is 3.03. The molecule has 0 aliphatic rings. The number of ether oxygens (including phenoxy) is 1. The Hall–Kier alpha value is -3.36. The highest BCUT2D eigenvalue weighted by atomic mass is 19.1. The number of nitrogens with one attached hydrogen (secondary N) is 1. The van der Waals surface area contributed by atoms with Gasteiger partial charge in [-0.25, -0.2) is 28.2 Å². The highest BCUT2D eigenvalue weighted by Crippen LogP contribution is 2.23. The van der Waals surface area contributed by atoms with Crippen molar-refractivity contribution in [3.63, 3.8) is 0 Å². The lowest BCUT2D eigenvalue weighted by Crippen LogP contribution is -2.09. The molecule has 1 N–H and O–H groups in total. The molecule has 0 saturated carbocycles. The maximum atomic E-state index is 13.8. The van der Waals surface area contributed by atoms with E-state index in [4.69, 9.17) is 4.74 Å². The summed E-state index contributed by atoms with van der Waals surface area (Å²) in [5, 5.41) is 6.75. The number of para-hydroxylation sites is 1. The SMILES string of the molecule is CCc1c(C(=O)OC)cnn1-c1cc(Nc2c(F)cccc2F)ncn1. The molecule has 1 aromatic carbocycles. The van der Waals surface area contributed by atoms with Crippen LogP contribution in [0.1, 0.15) is 23.0 Å². The molecule has 0 aliphatic heterocycles. The van der Waals surface area contributed by atoms with Gasteiger partial charge in [0.05, 0.1) is 19.0 Å². The van der Waals surface area contributed by atoms with Gasteiger partial charge in [0.25, 0.3) is 0 Å². The molecule has 0 atom stereocenters. The van der Waals surface area contributed by atoms with Gasteiger partial charge in [-0.15, -0.1) is 0 Å². The van der Waals surface area contributed by atoms with Crippen LogP contribution >= 0.6 is 0 Å². The molecule has 0 fully saturated rings. The van der Waals surface area contributed by atoms with Crippen molar-refractivity contribution in [3.8, 4) is 5.82 Å². The Labute approximate surface area is 147 Å². The van der Waals surface area contributed by atoms with E-state index in [1.165, 1.54) is 36.4 Å². The van der Waals surface area contributed by atoms with E-state index in [-0.39, 0.29) is 11.5 Å². The fourth-order valence-electron chi connectivity index (χ4n) is 2.47. The minimum absolute atomic E-state index is 0.177. The highest BCUT2D eigenvalue weighted by molar-refractivity contribution is 5.90. The molecule has 0 aliphatic carbocycles. The number of methoxy groups -OCH3 is 1. The number of benzene rings is 1. The fourth-order valence-corrected chi connectivity index (χ4v) is 2.47. The fraction of sp³-hybridized carbons (Fsp3) is 0.176. The summed E-state index contributed by atoms with van der Waals surface area (Å²) in [6.45, 7) is 1.86. The zero-order chi connectivity index (χ0) is 18.7. The van der Waals surface area contributed by atoms with Crippen LogP contribution in [-0.2, 0) is 11.2 Å². The number of hydrogen-bond donors (Lipinski definition) is 1. The van der Waals surface area contributed by atoms with E-state index in [2.05, 4.69) is 20.4 Å². The summed E-state index contributed by atoms with van der Waals surface area (Å²) in [6, 6.07) is 5.02. The van der Waals surface area contributed by atoms with E-state index >= 15 is 0 Å². The smallest absolute Gasteiger partial charge is 0.341 e. The van der Waals surface area contributed by atoms with E-state index < -0.39 is 17.6 Å². The van der Waals surface area contributed by atoms with Gasteiger partial charge in [-0.3, -0.25) is 0 Å². The Morgan fingerprint density at radius 3 is 2.65 bits per heavy atom. The topological polar surface area (TPSA) is 81.9 Å². The second kappa shape index (κ2) is 7.26. The summed E-state index contributed by atoms with van der Waals surface area (Å²) in [5.74, 6) is -1.48. The average Bonchev–Trinajstić information content (AvgIpc) is 3.08. The van der Waals surface area contributed by atoms with E-state index in [1.54, 1.807) is 0 Å². The molecule has 0 spiro atoms. The molecule has 26 heavy (non-hydrogen) atoms. The Bertz CT molecular complexity index is 938. The molecule has 2 heterocycles. The average molecular weight is 359 g/mol. The zero-order valence-corrected chi connectivity index (χ0v) is 14.0. The summed E-state index contributed by atoms with van der Waals surface area (Å²) in [5.41, 5.74) is 0.602. The van der Waals surface area contributed by atoms with Crippen molar-refractivity contribution in [2.45, 2.75) is 13.3 Å². The van der Waals surface area contributed by atoms with Gasteiger partial charge >= 0.3 is 5.97 Å². The van der Waals surface area contributed by atoms with Crippen molar-refractivity contribution >= 4 is 17.5 Å². The predicted molar refractivity (Wildman–Crippen MR) is 89.5 cm³/mol. The number of carbonyl (C=O) groups excluding carboxylic acids is 1. The van der Waals surface area contributed by atoms with Crippen molar-refractivity contribution in [2.24, 2.45) is 0 Å². The van der Waals surface area contributed by atoms with Crippen LogP contribution in [-0.4, -0.2) is 32.8 Å². The molecular formula is C17H15F2N5O2. The molecule has 9 heteroatoms. The van der Waals surface area contributed by atoms with E-state index in [9.17, 15) is 13.6 Å². The Kier molecular flexibility index (Phi) is 4.87. The zero-order valence-electron chi connectivity index (χ0n) is 14.0. The molecule has 3 rings (SSSR count). The minimum atomic E-state index is -0.744. The Balaban J connectivity index is 1.98. The van der Waals surface area contributed by atoms with Crippen LogP contribution in [0.25, 0.3) is 5.82 Å². The summed E-state index contributed by atoms with van der Waals surface area (Å²) in [6.07, 6.45) is 3.12. The second-order valence-corrected chi connectivity index (χ2v) is 5.24. The van der Waals surface area contributed by atoms with Gasteiger partial charge < -0.3 is 10.1 Å². The van der Waals surface area contributed by atoms with Crippen LogP contribution < -0.4 is 5.32 Å². The van der Waals surface area contributed by atoms with E-state index in [1.807, 2.05) is 6.92 Å². The largest absolute Gasteiger partial charge is 0.465 e. The van der Waals surface area contributed by atoms with Crippen molar-refractivity contribution in [3.05, 3.63) is 59.7 Å². The molecule has 3 aromatic rings. The van der Waals surface area contributed by atoms with Crippen LogP contribution in [0.4, 0.5) is 20.3 Å². The lowest BCUT2D eigenvalue weighted by atomic mass is 10.2. The van der Waals surface area contributed by atoms with Crippen LogP contribution in [0.5, 0.6) is 0 Å². The van der Waals surface area contributed by atoms with Crippen LogP contribution in [0.15, 0.2) is 36.8 Å². The first kappa shape index (κ1) is 17.5. The maximum Gasteiger partial charge on any atom is 0.341 e. The Morgan fingerprint density at radius 2 is 2.00 bits per heavy atom. The molecule has 0 bridgehead atoms. The van der Waals surface area contributed by atoms with Gasteiger partial charge in [0.1, 0.15) is 35.0 Å². The number of carbonyl (C=O) groups is 1. The summed E-state index contributed by atoms with van der Waals surface area (Å²) in [7, 11) is 1.29. The van der Waals surface area contributed by atoms with Gasteiger partial charge in [0.2, 0.25) is 0 Å². The number of hydrogen-bond acceptors (Lipinski definition) is 6. The third-order valence-corrected chi connectivity index (χ3v) is 3.69. The van der Waals surface area contributed by atoms with Crippen LogP contribution in [0.3, 0.4) is 0 Å². The molecule has 7 nitrogen and oxygen atoms in total. The maximum absolute atomic E-state index is 13.8. The third-order valence-electron chi connectivity index (χ3n) is 3.69. The number of esters is 1. The molecule has 0 unspecified atom stereocenters. The van der Waals surface area contributed by atoms with Gasteiger partial charge in [-0.05, 0) is 18.6 Å². The Morgan fingerprint density at radius 1 is 1.27 bits per heavy atom. The van der Waals surface area contributed by atoms with Crippen molar-refractivity contribution in [1.82, 2.24) is 19.7 Å². The number of rotatable bonds is 5. The molecule has 0 radical (unpaired) electrons. The van der Waals surface area contributed by atoms with E-state index in [0.29, 0.717) is 23.5 Å². The van der Waals surface area contributed by atoms with Gasteiger partial charge in [-0.2, -0.15) is 5.10 Å². The minimum Gasteiger partial charge on any atom is -0.465 e. The van der Waals surface area contributed by atoms with E-state index in [0.717, 1.165) is 12.1 Å². The van der Waals surface area contributed by atoms with Gasteiger partial charge in [-0.1, -0.05) is 13.0 Å². The highest BCUT2D eigenvalue weighted by Gasteiger charge is 2.18. The summed E-state index contributed by atoms with van der Waals surface area (Å²) < 4.78 is 33.8. The quantitative estimate of drug-likeness (QED) is 0.705. The monoisotopic (exact) mass is 359 g/mol. The standard InChI is InChI=1S/C17H15F2N5O2/c1-3-13-10(17(25)26-2)8-22-24(13)15-7-14(20-9-21-15)23-16-11(18)5-4-6-12(16)19/h4-9H,3H2,1-2H3,(H,20,21,23). The van der Waals surface area contributed by atoms with Crippen LogP contribution in [0.2, 0.25) is 0 Å². The molecule has 0 amide bonds. The van der Waals surface area contributed by atoms with Crippen molar-refractivity contribution in [1.29, 1.82) is 0 Å². The molecule has 134 valence electrons. The van der Waals surface area contributed by atoms with Gasteiger partial charge in [0.15, 0.2) is 5.82 Å². The van der Waals surface area contributed by atoms with Crippen molar-refractivity contribution < 1.29 is 18.3 Å². The first-order valence-corrected chi connectivity index (χ1v) is 7.73. The number of halogens is 2. The number of nitrogens with zero attached hydrogens (tertiary/aromatic N) is 4. The number of aromatic nitrogens is 4. The summed E-state index contributed by atoms with van der Waals surface area (Å²) >= 11 is 0. The van der Waals surface area contributed by atoms with Crippen LogP contribution in [0, 0.1) is 11.6 Å². The first-order chi connectivity index (χ1) is 12.5. The molecule has 0 saturated heterocycles. The lowest BCUT2D eigenvalue weighted by Gasteiger charge is -2.10. The number of anilines is 2. The first-order valence-electron chi connectivity index (χ1n) is 7.73. The molecular weight excluding hydrogens is 344 g/mol. The lowest BCUT2D eigenvalue weighted by molar-refractivity contribution is 0.0599. The van der Waals surface area contributed by atoms with Crippen molar-refractivity contribution in [2.75, 3.05) is 12.4 Å². The molecule has 2 aromatic heterocycles. The normalized spacial score (nSPS) is 10.6.